The highest BCUT2D eigenvalue weighted by Crippen LogP contribution is 2.41. The van der Waals surface area contributed by atoms with Gasteiger partial charge in [-0.3, -0.25) is 0 Å². The smallest absolute Gasteiger partial charge is 0.0721 e. The Balaban J connectivity index is 1.07. The predicted octanol–water partition coefficient (Wildman–Crippen LogP) is 12.6. The van der Waals surface area contributed by atoms with E-state index in [0.29, 0.717) is 0 Å². The molecule has 0 fully saturated rings. The summed E-state index contributed by atoms with van der Waals surface area (Å²) in [6.45, 7) is 0. The van der Waals surface area contributed by atoms with Gasteiger partial charge in [0.1, 0.15) is 0 Å². The molecule has 8 aromatic carbocycles. The van der Waals surface area contributed by atoms with E-state index < -0.39 is 0 Å². The molecule has 0 amide bonds. The number of fused-ring (bicyclic) bond motifs is 10. The highest BCUT2D eigenvalue weighted by atomic mass is 32.1. The van der Waals surface area contributed by atoms with Gasteiger partial charge in [-0.1, -0.05) is 133 Å². The number of hydrogen-bond donors (Lipinski definition) is 2. The molecule has 0 aliphatic heterocycles. The largest absolute Gasteiger partial charge is 0.398 e. The van der Waals surface area contributed by atoms with Crippen molar-refractivity contribution in [3.8, 4) is 5.69 Å². The van der Waals surface area contributed by atoms with Gasteiger partial charge in [-0.25, -0.2) is 0 Å². The molecule has 2 heterocycles. The summed E-state index contributed by atoms with van der Waals surface area (Å²) in [6.07, 6.45) is 2.15. The summed E-state index contributed by atoms with van der Waals surface area (Å²) < 4.78 is 4.94. The maximum Gasteiger partial charge on any atom is 0.0721 e. The Morgan fingerprint density at radius 1 is 0.549 bits per heavy atom. The first kappa shape index (κ1) is 29.5. The number of anilines is 1. The molecule has 1 unspecified atom stereocenters. The molecular weight excluding hydrogens is 639 g/mol. The number of hydrogen-bond acceptors (Lipinski definition) is 3. The van der Waals surface area contributed by atoms with E-state index in [1.165, 1.54) is 63.5 Å². The maximum atomic E-state index is 6.95. The van der Waals surface area contributed by atoms with Crippen LogP contribution in [-0.2, 0) is 0 Å². The van der Waals surface area contributed by atoms with Gasteiger partial charge in [0, 0.05) is 37.6 Å². The maximum absolute atomic E-state index is 6.95. The number of nitrogens with two attached hydrogens (primary N) is 1. The first-order chi connectivity index (χ1) is 25.2. The van der Waals surface area contributed by atoms with E-state index in [9.17, 15) is 0 Å². The minimum atomic E-state index is -0.124. The molecule has 0 radical (unpaired) electrons. The van der Waals surface area contributed by atoms with Crippen LogP contribution in [0.25, 0.3) is 74.9 Å². The molecule has 0 saturated carbocycles. The van der Waals surface area contributed by atoms with Crippen LogP contribution in [0.5, 0.6) is 0 Å². The number of rotatable bonds is 6. The third kappa shape index (κ3) is 4.87. The van der Waals surface area contributed by atoms with Gasteiger partial charge >= 0.3 is 0 Å². The third-order valence-corrected chi connectivity index (χ3v) is 11.4. The van der Waals surface area contributed by atoms with Crippen LogP contribution in [0.15, 0.2) is 176 Å². The summed E-state index contributed by atoms with van der Waals surface area (Å²) in [5.74, 6) is 0. The minimum absolute atomic E-state index is 0.124. The lowest BCUT2D eigenvalue weighted by molar-refractivity contribution is 0.987. The molecule has 0 saturated heterocycles. The molecule has 242 valence electrons. The Morgan fingerprint density at radius 2 is 1.14 bits per heavy atom. The normalized spacial score (nSPS) is 12.8. The second-order valence-corrected chi connectivity index (χ2v) is 14.2. The lowest BCUT2D eigenvalue weighted by Gasteiger charge is -2.19. The second kappa shape index (κ2) is 11.9. The van der Waals surface area contributed by atoms with Gasteiger partial charge in [0.2, 0.25) is 0 Å². The lowest BCUT2D eigenvalue weighted by Crippen LogP contribution is -2.11. The fraction of sp³-hybridized carbons (Fsp3) is 0.0213. The molecule has 10 aromatic rings. The summed E-state index contributed by atoms with van der Waals surface area (Å²) in [4.78, 5) is 0. The Kier molecular flexibility index (Phi) is 6.90. The molecule has 2 aromatic heterocycles. The quantitative estimate of drug-likeness (QED) is 0.185. The molecule has 1 atom stereocenters. The molecule has 0 bridgehead atoms. The average molecular weight is 672 g/mol. The molecule has 3 N–H and O–H groups in total. The number of nitrogens with zero attached hydrogens (tertiary/aromatic N) is 1. The van der Waals surface area contributed by atoms with Crippen LogP contribution in [0.1, 0.15) is 17.2 Å². The molecule has 3 nitrogen and oxygen atoms in total. The van der Waals surface area contributed by atoms with Crippen LogP contribution in [0, 0.1) is 0 Å². The number of thiophene rings is 1. The van der Waals surface area contributed by atoms with Crippen molar-refractivity contribution in [2.75, 3.05) is 5.32 Å². The number of benzene rings is 8. The zero-order valence-corrected chi connectivity index (χ0v) is 28.6. The fourth-order valence-electron chi connectivity index (χ4n) is 7.81. The van der Waals surface area contributed by atoms with Gasteiger partial charge < -0.3 is 15.6 Å². The molecular formula is C47H33N3S. The van der Waals surface area contributed by atoms with Crippen molar-refractivity contribution in [1.82, 2.24) is 4.57 Å². The number of nitrogens with one attached hydrogen (secondary N) is 1. The summed E-state index contributed by atoms with van der Waals surface area (Å²) in [7, 11) is 0. The van der Waals surface area contributed by atoms with Crippen molar-refractivity contribution in [3.05, 3.63) is 187 Å². The third-order valence-electron chi connectivity index (χ3n) is 10.2. The summed E-state index contributed by atoms with van der Waals surface area (Å²) in [5.41, 5.74) is 14.4. The standard InChI is InChI=1S/C47H33N3S/c48-39(29-41(33-13-2-1-3-14-33)49-40-19-10-18-38-37-17-8-9-20-44(37)51-47(38)40)32-21-25-34(26-22-32)50-42-27-23-30-11-4-6-15-35(30)45(42)46-36-16-7-5-12-31(36)24-28-43(46)50/h1-29,41,49H,48H2/b39-29-. The van der Waals surface area contributed by atoms with Gasteiger partial charge in [0.25, 0.3) is 0 Å². The van der Waals surface area contributed by atoms with E-state index in [2.05, 4.69) is 186 Å². The van der Waals surface area contributed by atoms with Crippen molar-refractivity contribution in [2.24, 2.45) is 5.73 Å². The predicted molar refractivity (Wildman–Crippen MR) is 220 cm³/mol. The zero-order valence-electron chi connectivity index (χ0n) is 27.8. The highest BCUT2D eigenvalue weighted by molar-refractivity contribution is 7.26. The van der Waals surface area contributed by atoms with E-state index in [0.717, 1.165) is 28.2 Å². The highest BCUT2D eigenvalue weighted by Gasteiger charge is 2.18. The van der Waals surface area contributed by atoms with Crippen LogP contribution in [-0.4, -0.2) is 4.57 Å². The topological polar surface area (TPSA) is 43.0 Å². The van der Waals surface area contributed by atoms with Crippen LogP contribution < -0.4 is 11.1 Å². The summed E-state index contributed by atoms with van der Waals surface area (Å²) >= 11 is 1.83. The monoisotopic (exact) mass is 671 g/mol. The van der Waals surface area contributed by atoms with Crippen LogP contribution in [0.4, 0.5) is 5.69 Å². The van der Waals surface area contributed by atoms with Gasteiger partial charge in [-0.15, -0.1) is 11.3 Å². The Bertz CT molecular complexity index is 2860. The van der Waals surface area contributed by atoms with E-state index >= 15 is 0 Å². The van der Waals surface area contributed by atoms with Crippen molar-refractivity contribution >= 4 is 86.2 Å². The van der Waals surface area contributed by atoms with Crippen molar-refractivity contribution in [2.45, 2.75) is 6.04 Å². The minimum Gasteiger partial charge on any atom is -0.398 e. The van der Waals surface area contributed by atoms with E-state index in [1.54, 1.807) is 0 Å². The van der Waals surface area contributed by atoms with E-state index in [-0.39, 0.29) is 6.04 Å². The second-order valence-electron chi connectivity index (χ2n) is 13.2. The Hall–Kier alpha value is -6.36. The van der Waals surface area contributed by atoms with Crippen molar-refractivity contribution < 1.29 is 0 Å². The summed E-state index contributed by atoms with van der Waals surface area (Å²) in [5, 5.41) is 14.0. The van der Waals surface area contributed by atoms with E-state index in [4.69, 9.17) is 5.73 Å². The molecule has 0 aliphatic rings. The SMILES string of the molecule is N/C(=C\C(Nc1cccc2c1sc1ccccc12)c1ccccc1)c1ccc(-n2c3ccc4ccccc4c3c3c4ccccc4ccc32)cc1. The first-order valence-electron chi connectivity index (χ1n) is 17.3. The van der Waals surface area contributed by atoms with Gasteiger partial charge in [-0.05, 0) is 75.1 Å². The molecule has 0 aliphatic carbocycles. The molecule has 10 rings (SSSR count). The Morgan fingerprint density at radius 3 is 1.82 bits per heavy atom. The molecule has 51 heavy (non-hydrogen) atoms. The van der Waals surface area contributed by atoms with Crippen molar-refractivity contribution in [1.29, 1.82) is 0 Å². The molecule has 0 spiro atoms. The van der Waals surface area contributed by atoms with Gasteiger partial charge in [-0.2, -0.15) is 0 Å². The van der Waals surface area contributed by atoms with Crippen LogP contribution >= 0.6 is 11.3 Å². The average Bonchev–Trinajstić information content (AvgIpc) is 3.75. The van der Waals surface area contributed by atoms with Crippen LogP contribution in [0.3, 0.4) is 0 Å². The fourth-order valence-corrected chi connectivity index (χ4v) is 8.99. The van der Waals surface area contributed by atoms with E-state index in [1.807, 2.05) is 11.3 Å². The van der Waals surface area contributed by atoms with Crippen molar-refractivity contribution in [3.63, 3.8) is 0 Å². The van der Waals surface area contributed by atoms with Gasteiger partial charge in [0.05, 0.1) is 27.5 Å². The first-order valence-corrected chi connectivity index (χ1v) is 18.2. The zero-order chi connectivity index (χ0) is 33.9. The summed E-state index contributed by atoms with van der Waals surface area (Å²) in [6, 6.07) is 60.7. The van der Waals surface area contributed by atoms with Crippen LogP contribution in [0.2, 0.25) is 0 Å². The lowest BCUT2D eigenvalue weighted by atomic mass is 10.00. The Labute approximate surface area is 299 Å². The molecule has 4 heteroatoms. The van der Waals surface area contributed by atoms with Gasteiger partial charge in [0.15, 0.2) is 0 Å². The number of aromatic nitrogens is 1.